The molecule has 2 aromatic heterocycles. The Morgan fingerprint density at radius 2 is 2.09 bits per heavy atom. The SMILES string of the molecule is CCNC(=NCc1ccc(S(N)(=O)=O)s1)NCc1cccs1. The summed E-state index contributed by atoms with van der Waals surface area (Å²) in [5, 5.41) is 13.5. The average Bonchev–Trinajstić information content (AvgIpc) is 3.12. The topological polar surface area (TPSA) is 96.6 Å². The highest BCUT2D eigenvalue weighted by Crippen LogP contribution is 2.20. The number of nitrogens with two attached hydrogens (primary N) is 1. The molecule has 0 amide bonds. The molecule has 0 aliphatic carbocycles. The van der Waals surface area contributed by atoms with Crippen LogP contribution >= 0.6 is 22.7 Å². The lowest BCUT2D eigenvalue weighted by Gasteiger charge is -2.10. The normalized spacial score (nSPS) is 12.4. The fraction of sp³-hybridized carbons (Fsp3) is 0.308. The minimum Gasteiger partial charge on any atom is -0.357 e. The second kappa shape index (κ2) is 7.73. The van der Waals surface area contributed by atoms with Crippen molar-refractivity contribution in [1.82, 2.24) is 10.6 Å². The molecule has 0 aliphatic heterocycles. The van der Waals surface area contributed by atoms with Crippen molar-refractivity contribution < 1.29 is 8.42 Å². The van der Waals surface area contributed by atoms with E-state index in [4.69, 9.17) is 5.14 Å². The predicted octanol–water partition coefficient (Wildman–Crippen LogP) is 1.71. The second-order valence-corrected chi connectivity index (χ2v) is 8.38. The number of hydrogen-bond donors (Lipinski definition) is 3. The molecule has 6 nitrogen and oxygen atoms in total. The van der Waals surface area contributed by atoms with Gasteiger partial charge in [-0.3, -0.25) is 0 Å². The fourth-order valence-electron chi connectivity index (χ4n) is 1.68. The van der Waals surface area contributed by atoms with E-state index >= 15 is 0 Å². The number of aliphatic imine (C=N–C) groups is 1. The number of nitrogens with one attached hydrogen (secondary N) is 2. The van der Waals surface area contributed by atoms with Gasteiger partial charge in [-0.1, -0.05) is 6.07 Å². The lowest BCUT2D eigenvalue weighted by atomic mass is 10.4. The molecule has 2 aromatic rings. The molecule has 0 saturated heterocycles. The summed E-state index contributed by atoms with van der Waals surface area (Å²) in [4.78, 5) is 6.52. The number of sulfonamides is 1. The van der Waals surface area contributed by atoms with Crippen LogP contribution in [0.25, 0.3) is 0 Å². The third-order valence-electron chi connectivity index (χ3n) is 2.66. The Hall–Kier alpha value is -1.42. The van der Waals surface area contributed by atoms with Crippen molar-refractivity contribution >= 4 is 38.7 Å². The molecule has 0 aliphatic rings. The van der Waals surface area contributed by atoms with Crippen molar-refractivity contribution in [1.29, 1.82) is 0 Å². The zero-order chi connectivity index (χ0) is 16.0. The maximum atomic E-state index is 11.2. The van der Waals surface area contributed by atoms with Gasteiger partial charge in [-0.2, -0.15) is 0 Å². The van der Waals surface area contributed by atoms with E-state index in [0.29, 0.717) is 19.0 Å². The van der Waals surface area contributed by atoms with Crippen LogP contribution in [-0.4, -0.2) is 20.9 Å². The molecule has 0 radical (unpaired) electrons. The van der Waals surface area contributed by atoms with Gasteiger partial charge in [-0.05, 0) is 30.5 Å². The van der Waals surface area contributed by atoms with Gasteiger partial charge in [0.05, 0.1) is 13.1 Å². The maximum absolute atomic E-state index is 11.2. The summed E-state index contributed by atoms with van der Waals surface area (Å²) >= 11 is 2.82. The quantitative estimate of drug-likeness (QED) is 0.541. The summed E-state index contributed by atoms with van der Waals surface area (Å²) in [6.07, 6.45) is 0. The molecule has 0 fully saturated rings. The van der Waals surface area contributed by atoms with E-state index in [9.17, 15) is 8.42 Å². The lowest BCUT2D eigenvalue weighted by molar-refractivity contribution is 0.600. The molecule has 2 rings (SSSR count). The molecule has 0 bridgehead atoms. The summed E-state index contributed by atoms with van der Waals surface area (Å²) in [7, 11) is -3.63. The molecule has 0 unspecified atom stereocenters. The fourth-order valence-corrected chi connectivity index (χ4v) is 4.03. The van der Waals surface area contributed by atoms with E-state index in [0.717, 1.165) is 22.8 Å². The second-order valence-electron chi connectivity index (χ2n) is 4.39. The van der Waals surface area contributed by atoms with Crippen molar-refractivity contribution in [3.8, 4) is 0 Å². The average molecular weight is 359 g/mol. The zero-order valence-electron chi connectivity index (χ0n) is 12.1. The van der Waals surface area contributed by atoms with Gasteiger partial charge >= 0.3 is 0 Å². The summed E-state index contributed by atoms with van der Waals surface area (Å²) in [6, 6.07) is 7.30. The van der Waals surface area contributed by atoms with Crippen molar-refractivity contribution in [3.63, 3.8) is 0 Å². The smallest absolute Gasteiger partial charge is 0.247 e. The zero-order valence-corrected chi connectivity index (χ0v) is 14.5. The van der Waals surface area contributed by atoms with Crippen LogP contribution < -0.4 is 15.8 Å². The van der Waals surface area contributed by atoms with Gasteiger partial charge in [0.15, 0.2) is 5.96 Å². The van der Waals surface area contributed by atoms with E-state index in [2.05, 4.69) is 21.7 Å². The molecule has 0 spiro atoms. The number of nitrogens with zero attached hydrogens (tertiary/aromatic N) is 1. The first kappa shape index (κ1) is 16.9. The van der Waals surface area contributed by atoms with Crippen molar-refractivity contribution in [2.45, 2.75) is 24.2 Å². The Morgan fingerprint density at radius 3 is 2.68 bits per heavy atom. The van der Waals surface area contributed by atoms with Gasteiger partial charge in [-0.15, -0.1) is 22.7 Å². The highest BCUT2D eigenvalue weighted by molar-refractivity contribution is 7.91. The van der Waals surface area contributed by atoms with Crippen LogP contribution in [0.15, 0.2) is 38.8 Å². The van der Waals surface area contributed by atoms with E-state index in [1.807, 2.05) is 18.4 Å². The molecular formula is C13H18N4O2S3. The Kier molecular flexibility index (Phi) is 5.95. The summed E-state index contributed by atoms with van der Waals surface area (Å²) in [6.45, 7) is 3.85. The van der Waals surface area contributed by atoms with Crippen LogP contribution in [0, 0.1) is 0 Å². The maximum Gasteiger partial charge on any atom is 0.247 e. The van der Waals surface area contributed by atoms with Gasteiger partial charge < -0.3 is 10.6 Å². The molecule has 0 aromatic carbocycles. The number of hydrogen-bond acceptors (Lipinski definition) is 5. The highest BCUT2D eigenvalue weighted by atomic mass is 32.2. The molecular weight excluding hydrogens is 340 g/mol. The lowest BCUT2D eigenvalue weighted by Crippen LogP contribution is -2.36. The van der Waals surface area contributed by atoms with Gasteiger partial charge in [0.25, 0.3) is 0 Å². The van der Waals surface area contributed by atoms with Crippen LogP contribution in [0.2, 0.25) is 0 Å². The van der Waals surface area contributed by atoms with Crippen molar-refractivity contribution in [3.05, 3.63) is 39.4 Å². The highest BCUT2D eigenvalue weighted by Gasteiger charge is 2.11. The molecule has 0 atom stereocenters. The van der Waals surface area contributed by atoms with Gasteiger partial charge in [0, 0.05) is 16.3 Å². The van der Waals surface area contributed by atoms with E-state index in [1.54, 1.807) is 17.4 Å². The number of rotatable bonds is 6. The number of guanidine groups is 1. The monoisotopic (exact) mass is 358 g/mol. The molecule has 9 heteroatoms. The third-order valence-corrected chi connectivity index (χ3v) is 6.05. The molecule has 22 heavy (non-hydrogen) atoms. The third kappa shape index (κ3) is 5.09. The molecule has 2 heterocycles. The van der Waals surface area contributed by atoms with Crippen LogP contribution in [0.4, 0.5) is 0 Å². The number of thiophene rings is 2. The first-order chi connectivity index (χ1) is 10.5. The van der Waals surface area contributed by atoms with E-state index in [-0.39, 0.29) is 4.21 Å². The van der Waals surface area contributed by atoms with E-state index < -0.39 is 10.0 Å². The van der Waals surface area contributed by atoms with Crippen molar-refractivity contribution in [2.75, 3.05) is 6.54 Å². The first-order valence-electron chi connectivity index (χ1n) is 6.65. The minimum atomic E-state index is -3.63. The van der Waals surface area contributed by atoms with Crippen LogP contribution in [-0.2, 0) is 23.1 Å². The Balaban J connectivity index is 1.98. The van der Waals surface area contributed by atoms with Gasteiger partial charge in [0.2, 0.25) is 10.0 Å². The number of primary sulfonamides is 1. The van der Waals surface area contributed by atoms with Gasteiger partial charge in [-0.25, -0.2) is 18.5 Å². The summed E-state index contributed by atoms with van der Waals surface area (Å²) in [5.41, 5.74) is 0. The molecule has 120 valence electrons. The standard InChI is InChI=1S/C13H18N4O2S3/c1-2-15-13(16-8-10-4-3-7-20-10)17-9-11-5-6-12(21-11)22(14,18)19/h3-7H,2,8-9H2,1H3,(H2,14,18,19)(H2,15,16,17). The Labute approximate surface area is 138 Å². The van der Waals surface area contributed by atoms with Crippen LogP contribution in [0.1, 0.15) is 16.7 Å². The summed E-state index contributed by atoms with van der Waals surface area (Å²) in [5.74, 6) is 0.696. The van der Waals surface area contributed by atoms with Crippen molar-refractivity contribution in [2.24, 2.45) is 10.1 Å². The van der Waals surface area contributed by atoms with Gasteiger partial charge in [0.1, 0.15) is 4.21 Å². The molecule has 4 N–H and O–H groups in total. The Bertz CT molecular complexity index is 720. The van der Waals surface area contributed by atoms with Crippen LogP contribution in [0.5, 0.6) is 0 Å². The minimum absolute atomic E-state index is 0.161. The first-order valence-corrected chi connectivity index (χ1v) is 9.89. The Morgan fingerprint density at radius 1 is 1.27 bits per heavy atom. The van der Waals surface area contributed by atoms with E-state index in [1.165, 1.54) is 10.9 Å². The summed E-state index contributed by atoms with van der Waals surface area (Å²) < 4.78 is 22.7. The predicted molar refractivity (Wildman–Crippen MR) is 91.7 cm³/mol. The largest absolute Gasteiger partial charge is 0.357 e. The van der Waals surface area contributed by atoms with Crippen LogP contribution in [0.3, 0.4) is 0 Å². The molecule has 0 saturated carbocycles.